The zero-order valence-corrected chi connectivity index (χ0v) is 30.8. The van der Waals surface area contributed by atoms with Crippen molar-refractivity contribution in [1.29, 1.82) is 0 Å². The average Bonchev–Trinajstić information content (AvgIpc) is 3.67. The van der Waals surface area contributed by atoms with Crippen molar-refractivity contribution in [1.82, 2.24) is 18.9 Å². The minimum absolute atomic E-state index is 0.191. The molecule has 7 rings (SSSR count). The van der Waals surface area contributed by atoms with Crippen LogP contribution in [-0.2, 0) is 26.7 Å². The molecule has 6 aromatic rings. The molecule has 51 heavy (non-hydrogen) atoms. The highest BCUT2D eigenvalue weighted by molar-refractivity contribution is 6.32. The van der Waals surface area contributed by atoms with Gasteiger partial charge in [0.25, 0.3) is 5.91 Å². The topological polar surface area (TPSA) is 57.2 Å². The quantitative estimate of drug-likeness (QED) is 0.155. The lowest BCUT2D eigenvalue weighted by Crippen LogP contribution is -2.42. The molecule has 3 aromatic heterocycles. The van der Waals surface area contributed by atoms with Crippen molar-refractivity contribution in [2.45, 2.75) is 66.6 Å². The molecule has 1 atom stereocenters. The number of alkyl halides is 3. The molecule has 11 heteroatoms. The second kappa shape index (κ2) is 12.5. The maximum absolute atomic E-state index is 14.9. The van der Waals surface area contributed by atoms with E-state index in [1.807, 2.05) is 44.6 Å². The summed E-state index contributed by atoms with van der Waals surface area (Å²) in [6.45, 7) is 12.8. The molecular weight excluding hydrogens is 675 g/mol. The van der Waals surface area contributed by atoms with Gasteiger partial charge in [0, 0.05) is 71.0 Å². The second-order valence-electron chi connectivity index (χ2n) is 14.0. The van der Waals surface area contributed by atoms with E-state index in [2.05, 4.69) is 37.5 Å². The molecule has 0 fully saturated rings. The predicted octanol–water partition coefficient (Wildman–Crippen LogP) is 9.98. The Hall–Kier alpha value is -4.70. The highest BCUT2D eigenvalue weighted by atomic mass is 35.5. The van der Waals surface area contributed by atoms with Gasteiger partial charge in [0.05, 0.1) is 29.1 Å². The Bertz CT molecular complexity index is 2360. The van der Waals surface area contributed by atoms with Crippen LogP contribution in [-0.4, -0.2) is 38.0 Å². The summed E-state index contributed by atoms with van der Waals surface area (Å²) in [4.78, 5) is 16.6. The first-order valence-electron chi connectivity index (χ1n) is 17.1. The molecule has 266 valence electrons. The highest BCUT2D eigenvalue weighted by Crippen LogP contribution is 2.45. The summed E-state index contributed by atoms with van der Waals surface area (Å²) in [7, 11) is 3.72. The lowest BCUT2D eigenvalue weighted by atomic mass is 9.94. The van der Waals surface area contributed by atoms with E-state index >= 15 is 0 Å². The lowest BCUT2D eigenvalue weighted by Gasteiger charge is -2.34. The Kier molecular flexibility index (Phi) is 8.52. The van der Waals surface area contributed by atoms with Crippen molar-refractivity contribution in [2.75, 3.05) is 18.1 Å². The van der Waals surface area contributed by atoms with Gasteiger partial charge in [0.15, 0.2) is 0 Å². The number of rotatable bonds is 7. The first-order valence-corrected chi connectivity index (χ1v) is 17.5. The number of amides is 1. The third-order valence-corrected chi connectivity index (χ3v) is 11.0. The van der Waals surface area contributed by atoms with Gasteiger partial charge in [0.2, 0.25) is 0 Å². The number of carbonyl (C=O) groups is 1. The van der Waals surface area contributed by atoms with E-state index in [1.54, 1.807) is 22.7 Å². The molecule has 0 spiro atoms. The smallest absolute Gasteiger partial charge is 0.416 e. The second-order valence-corrected chi connectivity index (χ2v) is 14.3. The van der Waals surface area contributed by atoms with Crippen molar-refractivity contribution >= 4 is 45.0 Å². The number of anilines is 1. The van der Waals surface area contributed by atoms with Crippen LogP contribution in [0.15, 0.2) is 48.7 Å². The number of halogens is 4. The molecule has 0 unspecified atom stereocenters. The number of aromatic nitrogens is 4. The van der Waals surface area contributed by atoms with Crippen LogP contribution >= 0.6 is 11.6 Å². The van der Waals surface area contributed by atoms with Crippen LogP contribution in [0.3, 0.4) is 0 Å². The minimum Gasteiger partial charge on any atom is -0.494 e. The third kappa shape index (κ3) is 5.68. The largest absolute Gasteiger partial charge is 0.494 e. The van der Waals surface area contributed by atoms with Crippen LogP contribution in [0, 0.1) is 34.6 Å². The Balaban J connectivity index is 1.38. The first kappa shape index (κ1) is 34.7. The number of hydrogen-bond acceptors (Lipinski definition) is 3. The zero-order valence-electron chi connectivity index (χ0n) is 30.1. The van der Waals surface area contributed by atoms with Gasteiger partial charge < -0.3 is 18.8 Å². The summed E-state index contributed by atoms with van der Waals surface area (Å²) in [5.41, 5.74) is 9.72. The van der Waals surface area contributed by atoms with Gasteiger partial charge in [-0.3, -0.25) is 9.48 Å². The summed E-state index contributed by atoms with van der Waals surface area (Å²) >= 11 is 6.38. The van der Waals surface area contributed by atoms with Gasteiger partial charge in [-0.25, -0.2) is 0 Å². The fraction of sp³-hybridized carbons (Fsp3) is 0.350. The molecule has 1 aliphatic rings. The van der Waals surface area contributed by atoms with Crippen LogP contribution < -0.4 is 9.64 Å². The highest BCUT2D eigenvalue weighted by Gasteiger charge is 2.38. The van der Waals surface area contributed by atoms with E-state index in [1.165, 1.54) is 6.07 Å². The maximum Gasteiger partial charge on any atom is 0.416 e. The van der Waals surface area contributed by atoms with Crippen molar-refractivity contribution < 1.29 is 22.7 Å². The van der Waals surface area contributed by atoms with Crippen molar-refractivity contribution in [3.63, 3.8) is 0 Å². The van der Waals surface area contributed by atoms with Gasteiger partial charge in [-0.2, -0.15) is 18.3 Å². The number of benzene rings is 3. The fourth-order valence-electron chi connectivity index (χ4n) is 7.90. The van der Waals surface area contributed by atoms with Crippen molar-refractivity contribution in [3.05, 3.63) is 98.6 Å². The Labute approximate surface area is 300 Å². The zero-order chi connectivity index (χ0) is 36.7. The molecule has 4 heterocycles. The van der Waals surface area contributed by atoms with E-state index < -0.39 is 11.7 Å². The van der Waals surface area contributed by atoms with Crippen molar-refractivity contribution in [3.8, 4) is 16.9 Å². The van der Waals surface area contributed by atoms with Crippen molar-refractivity contribution in [2.24, 2.45) is 14.1 Å². The van der Waals surface area contributed by atoms with Crippen LogP contribution in [0.5, 0.6) is 5.75 Å². The average molecular weight is 716 g/mol. The van der Waals surface area contributed by atoms with Crippen LogP contribution in [0.2, 0.25) is 5.02 Å². The number of carbonyl (C=O) groups excluding carboxylic acids is 1. The maximum atomic E-state index is 14.9. The summed E-state index contributed by atoms with van der Waals surface area (Å²) < 4.78 is 53.6. The molecule has 7 nitrogen and oxygen atoms in total. The SMILES string of the molecule is Cc1cc(OCCCc2c3n(c4c(-c5c(C)nn(C)c5C)c(C)ccc24)[C@H](C)CN(c2cn(C)c4ccc(C(F)(F)F)cc24)C3=O)cc(C)c1Cl. The monoisotopic (exact) mass is 715 g/mol. The molecule has 0 bridgehead atoms. The molecule has 0 aliphatic carbocycles. The van der Waals surface area contributed by atoms with Gasteiger partial charge >= 0.3 is 6.18 Å². The number of ether oxygens (including phenoxy) is 1. The fourth-order valence-corrected chi connectivity index (χ4v) is 8.01. The number of fused-ring (bicyclic) bond motifs is 4. The molecule has 3 aromatic carbocycles. The Morgan fingerprint density at radius 1 is 0.941 bits per heavy atom. The lowest BCUT2D eigenvalue weighted by molar-refractivity contribution is -0.137. The molecule has 0 radical (unpaired) electrons. The number of nitrogens with zero attached hydrogens (tertiary/aromatic N) is 5. The van der Waals surface area contributed by atoms with Gasteiger partial charge in [0.1, 0.15) is 11.4 Å². The summed E-state index contributed by atoms with van der Waals surface area (Å²) in [5, 5.41) is 6.81. The summed E-state index contributed by atoms with van der Waals surface area (Å²) in [6, 6.07) is 11.6. The van der Waals surface area contributed by atoms with Crippen LogP contribution in [0.25, 0.3) is 32.9 Å². The standard InChI is InChI=1S/C40H41ClF3N5O2/c1-21-11-13-30-29(10-9-15-51-28-16-22(2)36(41)23(3)17-28)38-39(50)48(33-20-46(7)32-14-12-27(18-31(32)33)40(42,43)44)19-24(4)49(38)37(30)34(21)35-25(5)45-47(8)26(35)6/h11-14,16-18,20,24H,9-10,15,19H2,1-8H3/t24-/m1/s1. The van der Waals surface area contributed by atoms with E-state index in [-0.39, 0.29) is 11.9 Å². The number of hydrogen-bond donors (Lipinski definition) is 0. The number of aryl methyl sites for hydroxylation is 7. The van der Waals surface area contributed by atoms with Crippen LogP contribution in [0.1, 0.15) is 69.1 Å². The van der Waals surface area contributed by atoms with Crippen LogP contribution in [0.4, 0.5) is 18.9 Å². The van der Waals surface area contributed by atoms with E-state index in [0.717, 1.165) is 78.6 Å². The molecule has 1 aliphatic heterocycles. The van der Waals surface area contributed by atoms with Gasteiger partial charge in [-0.05, 0) is 107 Å². The predicted molar refractivity (Wildman–Crippen MR) is 197 cm³/mol. The first-order chi connectivity index (χ1) is 24.1. The molecule has 0 saturated carbocycles. The Morgan fingerprint density at radius 3 is 2.29 bits per heavy atom. The Morgan fingerprint density at radius 2 is 1.65 bits per heavy atom. The van der Waals surface area contributed by atoms with E-state index in [4.69, 9.17) is 21.4 Å². The molecule has 0 saturated heterocycles. The summed E-state index contributed by atoms with van der Waals surface area (Å²) in [5.74, 6) is 0.501. The molecular formula is C40H41ClF3N5O2. The molecule has 0 N–H and O–H groups in total. The molecule has 1 amide bonds. The summed E-state index contributed by atoms with van der Waals surface area (Å²) in [6.07, 6.45) is -1.57. The van der Waals surface area contributed by atoms with Gasteiger partial charge in [-0.1, -0.05) is 23.7 Å². The normalized spacial score (nSPS) is 15.0. The third-order valence-electron chi connectivity index (χ3n) is 10.4. The van der Waals surface area contributed by atoms with E-state index in [9.17, 15) is 18.0 Å². The van der Waals surface area contributed by atoms with E-state index in [0.29, 0.717) is 48.3 Å². The minimum atomic E-state index is -4.51. The van der Waals surface area contributed by atoms with Gasteiger partial charge in [-0.15, -0.1) is 0 Å².